The molecular formula is C30H30ClF3N4O2. The number of piperazine rings is 1. The molecule has 0 saturated carbocycles. The number of nitrogens with zero attached hydrogens (tertiary/aromatic N) is 4. The van der Waals surface area contributed by atoms with Crippen molar-refractivity contribution in [3.63, 3.8) is 0 Å². The van der Waals surface area contributed by atoms with Gasteiger partial charge in [-0.2, -0.15) is 8.78 Å². The number of aromatic nitrogens is 2. The first kappa shape index (κ1) is 27.9. The van der Waals surface area contributed by atoms with Gasteiger partial charge in [0, 0.05) is 54.9 Å². The van der Waals surface area contributed by atoms with Gasteiger partial charge in [0.05, 0.1) is 17.3 Å². The van der Waals surface area contributed by atoms with E-state index in [0.29, 0.717) is 23.4 Å². The summed E-state index contributed by atoms with van der Waals surface area (Å²) < 4.78 is 48.2. The fraction of sp³-hybridized carbons (Fsp3) is 0.300. The number of aromatic hydroxyl groups is 1. The summed E-state index contributed by atoms with van der Waals surface area (Å²) >= 11 is 6.49. The summed E-state index contributed by atoms with van der Waals surface area (Å²) in [6.07, 6.45) is 3.19. The van der Waals surface area contributed by atoms with Crippen LogP contribution in [0.5, 0.6) is 5.75 Å². The Morgan fingerprint density at radius 2 is 1.62 bits per heavy atom. The second-order valence-corrected chi connectivity index (χ2v) is 11.4. The highest BCUT2D eigenvalue weighted by Gasteiger charge is 2.45. The lowest BCUT2D eigenvalue weighted by Gasteiger charge is -2.47. The molecule has 6 nitrogen and oxygen atoms in total. The molecule has 0 radical (unpaired) electrons. The Bertz CT molecular complexity index is 1640. The van der Waals surface area contributed by atoms with Gasteiger partial charge in [0.15, 0.2) is 0 Å². The molecule has 4 aromatic rings. The summed E-state index contributed by atoms with van der Waals surface area (Å²) in [6.45, 7) is 5.89. The second kappa shape index (κ2) is 10.1. The lowest BCUT2D eigenvalue weighted by molar-refractivity contribution is -0.0767. The van der Waals surface area contributed by atoms with Crippen LogP contribution in [0.15, 0.2) is 71.8 Å². The number of benzene rings is 3. The van der Waals surface area contributed by atoms with Gasteiger partial charge < -0.3 is 14.6 Å². The standard InChI is InChI=1S/C30H30ClF3N4O2/c1-29(2,3)36-11-13-38(30(33,34)18-36)22-7-5-6-19(14-22)23-16-21(32)17-24(27(23)39)20-8-9-26(25(31)15-20)37-12-10-35(4)28(37)40/h5-10,12,14-17,39H,11,13,18H2,1-4H3. The molecule has 2 heterocycles. The number of halogens is 4. The Morgan fingerprint density at radius 1 is 0.950 bits per heavy atom. The smallest absolute Gasteiger partial charge is 0.338 e. The van der Waals surface area contributed by atoms with E-state index in [-0.39, 0.29) is 45.4 Å². The average Bonchev–Trinajstić information content (AvgIpc) is 3.21. The van der Waals surface area contributed by atoms with Crippen LogP contribution in [0, 0.1) is 5.82 Å². The van der Waals surface area contributed by atoms with Gasteiger partial charge in [-0.25, -0.2) is 9.18 Å². The monoisotopic (exact) mass is 570 g/mol. The largest absolute Gasteiger partial charge is 0.507 e. The van der Waals surface area contributed by atoms with Crippen molar-refractivity contribution in [2.75, 3.05) is 24.5 Å². The molecule has 1 N–H and O–H groups in total. The molecule has 1 aliphatic heterocycles. The molecule has 3 aromatic carbocycles. The van der Waals surface area contributed by atoms with E-state index in [9.17, 15) is 14.3 Å². The minimum Gasteiger partial charge on any atom is -0.507 e. The predicted molar refractivity (Wildman–Crippen MR) is 152 cm³/mol. The van der Waals surface area contributed by atoms with Gasteiger partial charge in [-0.1, -0.05) is 29.8 Å². The van der Waals surface area contributed by atoms with Crippen LogP contribution in [-0.2, 0) is 7.05 Å². The third-order valence-electron chi connectivity index (χ3n) is 7.33. The lowest BCUT2D eigenvalue weighted by Crippen LogP contribution is -2.62. The Morgan fingerprint density at radius 3 is 2.20 bits per heavy atom. The summed E-state index contributed by atoms with van der Waals surface area (Å²) in [5.74, 6) is -0.833. The molecule has 0 aliphatic carbocycles. The normalized spacial score (nSPS) is 15.9. The summed E-state index contributed by atoms with van der Waals surface area (Å²) in [4.78, 5) is 15.2. The van der Waals surface area contributed by atoms with E-state index in [2.05, 4.69) is 0 Å². The number of phenolic OH excluding ortho intramolecular Hbond substituents is 1. The Kier molecular flexibility index (Phi) is 7.00. The van der Waals surface area contributed by atoms with Crippen molar-refractivity contribution in [2.24, 2.45) is 7.05 Å². The first-order valence-corrected chi connectivity index (χ1v) is 13.2. The van der Waals surface area contributed by atoms with E-state index < -0.39 is 18.4 Å². The molecule has 1 saturated heterocycles. The number of rotatable bonds is 4. The van der Waals surface area contributed by atoms with Gasteiger partial charge in [0.25, 0.3) is 0 Å². The molecular weight excluding hydrogens is 541 g/mol. The fourth-order valence-electron chi connectivity index (χ4n) is 5.07. The first-order chi connectivity index (χ1) is 18.8. The predicted octanol–water partition coefficient (Wildman–Crippen LogP) is 6.52. The summed E-state index contributed by atoms with van der Waals surface area (Å²) in [5.41, 5.74) is 1.20. The third-order valence-corrected chi connectivity index (χ3v) is 7.63. The summed E-state index contributed by atoms with van der Waals surface area (Å²) in [7, 11) is 1.62. The van der Waals surface area contributed by atoms with Gasteiger partial charge >= 0.3 is 11.7 Å². The van der Waals surface area contributed by atoms with E-state index in [4.69, 9.17) is 11.6 Å². The minimum absolute atomic E-state index is 0.115. The van der Waals surface area contributed by atoms with Crippen LogP contribution in [0.1, 0.15) is 20.8 Å². The van der Waals surface area contributed by atoms with E-state index in [1.165, 1.54) is 27.3 Å². The van der Waals surface area contributed by atoms with Crippen LogP contribution in [0.4, 0.5) is 18.9 Å². The van der Waals surface area contributed by atoms with Crippen LogP contribution >= 0.6 is 11.6 Å². The number of imidazole rings is 1. The van der Waals surface area contributed by atoms with Crippen molar-refractivity contribution in [3.8, 4) is 33.7 Å². The van der Waals surface area contributed by atoms with Crippen LogP contribution in [-0.4, -0.2) is 50.4 Å². The van der Waals surface area contributed by atoms with Crippen LogP contribution in [0.3, 0.4) is 0 Å². The van der Waals surface area contributed by atoms with E-state index in [1.807, 2.05) is 20.8 Å². The molecule has 0 atom stereocenters. The molecule has 0 spiro atoms. The third kappa shape index (κ3) is 5.11. The second-order valence-electron chi connectivity index (χ2n) is 11.0. The first-order valence-electron chi connectivity index (χ1n) is 12.8. The molecule has 0 bridgehead atoms. The zero-order chi connectivity index (χ0) is 29.0. The number of anilines is 1. The van der Waals surface area contributed by atoms with Crippen molar-refractivity contribution in [3.05, 3.63) is 88.3 Å². The van der Waals surface area contributed by atoms with Crippen molar-refractivity contribution in [2.45, 2.75) is 32.4 Å². The molecule has 1 fully saturated rings. The maximum absolute atomic E-state index is 15.3. The van der Waals surface area contributed by atoms with Gasteiger partial charge in [-0.05, 0) is 68.3 Å². The summed E-state index contributed by atoms with van der Waals surface area (Å²) in [5, 5.41) is 11.5. The van der Waals surface area contributed by atoms with Crippen LogP contribution < -0.4 is 10.6 Å². The quantitative estimate of drug-likeness (QED) is 0.284. The van der Waals surface area contributed by atoms with Crippen molar-refractivity contribution in [1.29, 1.82) is 0 Å². The van der Waals surface area contributed by atoms with Gasteiger partial charge in [0.2, 0.25) is 0 Å². The highest BCUT2D eigenvalue weighted by atomic mass is 35.5. The van der Waals surface area contributed by atoms with Gasteiger partial charge in [-0.3, -0.25) is 9.47 Å². The number of hydrogen-bond donors (Lipinski definition) is 1. The molecule has 1 aromatic heterocycles. The number of aryl methyl sites for hydroxylation is 1. The van der Waals surface area contributed by atoms with E-state index in [0.717, 1.165) is 4.90 Å². The Hall–Kier alpha value is -3.69. The van der Waals surface area contributed by atoms with Crippen molar-refractivity contribution in [1.82, 2.24) is 14.0 Å². The maximum atomic E-state index is 15.3. The molecule has 0 amide bonds. The maximum Gasteiger partial charge on any atom is 0.338 e. The highest BCUT2D eigenvalue weighted by Crippen LogP contribution is 2.42. The zero-order valence-corrected chi connectivity index (χ0v) is 23.4. The average molecular weight is 571 g/mol. The number of hydrogen-bond acceptors (Lipinski definition) is 4. The molecule has 0 unspecified atom stereocenters. The Balaban J connectivity index is 1.51. The van der Waals surface area contributed by atoms with E-state index >= 15 is 8.78 Å². The van der Waals surface area contributed by atoms with Crippen molar-refractivity contribution < 1.29 is 18.3 Å². The Labute approximate surface area is 235 Å². The molecule has 10 heteroatoms. The van der Waals surface area contributed by atoms with Crippen LogP contribution in [0.25, 0.3) is 27.9 Å². The number of phenols is 1. The SMILES string of the molecule is Cn1ccn(-c2ccc(-c3cc(F)cc(-c4cccc(N5CCN(C(C)(C)C)CC5(F)F)c4)c3O)cc2Cl)c1=O. The zero-order valence-electron chi connectivity index (χ0n) is 22.6. The number of alkyl halides is 2. The summed E-state index contributed by atoms with van der Waals surface area (Å²) in [6, 6.07) is 10.4. The van der Waals surface area contributed by atoms with Gasteiger partial charge in [0.1, 0.15) is 11.6 Å². The van der Waals surface area contributed by atoms with E-state index in [1.54, 1.807) is 60.7 Å². The molecule has 40 heavy (non-hydrogen) atoms. The molecule has 210 valence electrons. The molecule has 1 aliphatic rings. The molecule has 5 rings (SSSR count). The van der Waals surface area contributed by atoms with Crippen molar-refractivity contribution >= 4 is 17.3 Å². The van der Waals surface area contributed by atoms with Gasteiger partial charge in [-0.15, -0.1) is 0 Å². The minimum atomic E-state index is -3.11. The fourth-order valence-corrected chi connectivity index (χ4v) is 5.34. The lowest BCUT2D eigenvalue weighted by atomic mass is 9.96. The highest BCUT2D eigenvalue weighted by molar-refractivity contribution is 6.32. The van der Waals surface area contributed by atoms with Crippen LogP contribution in [0.2, 0.25) is 5.02 Å². The topological polar surface area (TPSA) is 53.6 Å².